The van der Waals surface area contributed by atoms with E-state index in [1.165, 1.54) is 24.5 Å². The van der Waals surface area contributed by atoms with E-state index >= 15 is 0 Å². The summed E-state index contributed by atoms with van der Waals surface area (Å²) in [5, 5.41) is 6.44. The molecule has 3 rings (SSSR count). The number of hydrogen-bond donors (Lipinski definition) is 1. The third-order valence-electron chi connectivity index (χ3n) is 4.14. The summed E-state index contributed by atoms with van der Waals surface area (Å²) < 4.78 is 42.5. The predicted molar refractivity (Wildman–Crippen MR) is 117 cm³/mol. The molecule has 0 bridgehead atoms. The second-order valence-electron chi connectivity index (χ2n) is 6.43. The Morgan fingerprint density at radius 2 is 2.03 bits per heavy atom. The first-order valence-electron chi connectivity index (χ1n) is 9.62. The number of nitrogens with zero attached hydrogens (tertiary/aromatic N) is 2. The molecule has 0 saturated heterocycles. The number of methoxy groups -OCH3 is 1. The SMILES string of the molecule is CCOC(=O)Cc1csc(NN=Cc2ccc(OC)c(COc3ccc(F)cc3F)c2)n1. The number of hydrogen-bond acceptors (Lipinski definition) is 8. The first-order valence-corrected chi connectivity index (χ1v) is 10.5. The third-order valence-corrected chi connectivity index (χ3v) is 4.93. The van der Waals surface area contributed by atoms with E-state index < -0.39 is 11.6 Å². The van der Waals surface area contributed by atoms with Gasteiger partial charge in [0.15, 0.2) is 11.6 Å². The molecule has 0 spiro atoms. The molecule has 2 aromatic carbocycles. The Labute approximate surface area is 187 Å². The minimum absolute atomic E-state index is 0.0184. The van der Waals surface area contributed by atoms with Crippen LogP contribution >= 0.6 is 11.3 Å². The smallest absolute Gasteiger partial charge is 0.311 e. The van der Waals surface area contributed by atoms with Crippen molar-refractivity contribution in [3.05, 3.63) is 70.2 Å². The largest absolute Gasteiger partial charge is 0.496 e. The molecule has 0 radical (unpaired) electrons. The topological polar surface area (TPSA) is 82.0 Å². The lowest BCUT2D eigenvalue weighted by Crippen LogP contribution is -2.07. The Morgan fingerprint density at radius 1 is 1.22 bits per heavy atom. The fraction of sp³-hybridized carbons (Fsp3) is 0.227. The fourth-order valence-electron chi connectivity index (χ4n) is 2.70. The van der Waals surface area contributed by atoms with Crippen molar-refractivity contribution in [2.75, 3.05) is 19.1 Å². The molecule has 168 valence electrons. The molecule has 0 unspecified atom stereocenters. The van der Waals surface area contributed by atoms with Crippen LogP contribution in [0.15, 0.2) is 46.9 Å². The highest BCUT2D eigenvalue weighted by atomic mass is 32.1. The summed E-state index contributed by atoms with van der Waals surface area (Å²) in [6.07, 6.45) is 1.68. The van der Waals surface area contributed by atoms with Crippen LogP contribution in [0.25, 0.3) is 0 Å². The molecule has 0 saturated carbocycles. The van der Waals surface area contributed by atoms with E-state index in [2.05, 4.69) is 15.5 Å². The average molecular weight is 461 g/mol. The maximum Gasteiger partial charge on any atom is 0.311 e. The Balaban J connectivity index is 1.62. The van der Waals surface area contributed by atoms with Gasteiger partial charge >= 0.3 is 5.97 Å². The number of benzene rings is 2. The van der Waals surface area contributed by atoms with Crippen molar-refractivity contribution in [3.63, 3.8) is 0 Å². The van der Waals surface area contributed by atoms with E-state index in [0.717, 1.165) is 17.7 Å². The number of ether oxygens (including phenoxy) is 3. The predicted octanol–water partition coefficient (Wildman–Crippen LogP) is 4.56. The van der Waals surface area contributed by atoms with Gasteiger partial charge in [-0.15, -0.1) is 11.3 Å². The monoisotopic (exact) mass is 461 g/mol. The van der Waals surface area contributed by atoms with E-state index in [0.29, 0.717) is 28.7 Å². The minimum Gasteiger partial charge on any atom is -0.496 e. The molecule has 0 amide bonds. The van der Waals surface area contributed by atoms with Crippen molar-refractivity contribution < 1.29 is 27.8 Å². The van der Waals surface area contributed by atoms with Crippen molar-refractivity contribution in [3.8, 4) is 11.5 Å². The summed E-state index contributed by atoms with van der Waals surface area (Å²) in [6, 6.07) is 8.43. The van der Waals surface area contributed by atoms with Crippen LogP contribution in [0.4, 0.5) is 13.9 Å². The number of thiazole rings is 1. The van der Waals surface area contributed by atoms with Crippen LogP contribution in [-0.2, 0) is 22.6 Å². The normalized spacial score (nSPS) is 10.9. The van der Waals surface area contributed by atoms with Gasteiger partial charge in [0.2, 0.25) is 5.13 Å². The van der Waals surface area contributed by atoms with E-state index in [1.54, 1.807) is 36.7 Å². The second-order valence-corrected chi connectivity index (χ2v) is 7.29. The molecule has 7 nitrogen and oxygen atoms in total. The van der Waals surface area contributed by atoms with Gasteiger partial charge in [0.1, 0.15) is 18.2 Å². The molecule has 0 fully saturated rings. The van der Waals surface area contributed by atoms with Crippen molar-refractivity contribution in [2.45, 2.75) is 20.0 Å². The second kappa shape index (κ2) is 11.2. The van der Waals surface area contributed by atoms with Gasteiger partial charge in [-0.1, -0.05) is 0 Å². The summed E-state index contributed by atoms with van der Waals surface area (Å²) in [5.74, 6) is -1.29. The number of nitrogens with one attached hydrogen (secondary N) is 1. The highest BCUT2D eigenvalue weighted by molar-refractivity contribution is 7.13. The van der Waals surface area contributed by atoms with Crippen LogP contribution in [0.5, 0.6) is 11.5 Å². The molecule has 1 N–H and O–H groups in total. The highest BCUT2D eigenvalue weighted by Gasteiger charge is 2.10. The molecule has 10 heteroatoms. The molecule has 0 aliphatic rings. The number of carbonyl (C=O) groups excluding carboxylic acids is 1. The third kappa shape index (κ3) is 6.48. The number of rotatable bonds is 10. The van der Waals surface area contributed by atoms with E-state index in [1.807, 2.05) is 0 Å². The van der Waals surface area contributed by atoms with Crippen molar-refractivity contribution in [1.29, 1.82) is 0 Å². The van der Waals surface area contributed by atoms with Gasteiger partial charge in [0, 0.05) is 17.0 Å². The van der Waals surface area contributed by atoms with Crippen LogP contribution in [-0.4, -0.2) is 30.9 Å². The van der Waals surface area contributed by atoms with Crippen LogP contribution in [0.1, 0.15) is 23.7 Å². The summed E-state index contributed by atoms with van der Waals surface area (Å²) in [5.41, 5.74) is 4.81. The van der Waals surface area contributed by atoms with E-state index in [-0.39, 0.29) is 24.7 Å². The van der Waals surface area contributed by atoms with Crippen LogP contribution in [0.3, 0.4) is 0 Å². The molecular weight excluding hydrogens is 440 g/mol. The standard InChI is InChI=1S/C22H21F2N3O4S/c1-3-30-21(28)10-17-13-32-22(26-17)27-25-11-14-4-6-19(29-2)15(8-14)12-31-20-7-5-16(23)9-18(20)24/h4-9,11,13H,3,10,12H2,1-2H3,(H,26,27). The number of carbonyl (C=O) groups is 1. The number of aromatic nitrogens is 1. The molecule has 32 heavy (non-hydrogen) atoms. The summed E-state index contributed by atoms with van der Waals surface area (Å²) in [4.78, 5) is 15.8. The van der Waals surface area contributed by atoms with Gasteiger partial charge in [-0.2, -0.15) is 5.10 Å². The summed E-state index contributed by atoms with van der Waals surface area (Å²) in [6.45, 7) is 2.09. The molecule has 0 aliphatic heterocycles. The Morgan fingerprint density at radius 3 is 2.78 bits per heavy atom. The van der Waals surface area contributed by atoms with E-state index in [9.17, 15) is 13.6 Å². The van der Waals surface area contributed by atoms with Crippen LogP contribution in [0, 0.1) is 11.6 Å². The zero-order valence-electron chi connectivity index (χ0n) is 17.4. The van der Waals surface area contributed by atoms with Gasteiger partial charge < -0.3 is 14.2 Å². The average Bonchev–Trinajstić information content (AvgIpc) is 3.20. The Hall–Kier alpha value is -3.53. The maximum absolute atomic E-state index is 13.8. The van der Waals surface area contributed by atoms with Gasteiger partial charge in [0.05, 0.1) is 32.0 Å². The minimum atomic E-state index is -0.781. The van der Waals surface area contributed by atoms with Crippen molar-refractivity contribution >= 4 is 28.7 Å². The molecule has 0 atom stereocenters. The number of halogens is 2. The lowest BCUT2D eigenvalue weighted by molar-refractivity contribution is -0.142. The summed E-state index contributed by atoms with van der Waals surface area (Å²) >= 11 is 1.32. The number of hydrazone groups is 1. The zero-order chi connectivity index (χ0) is 22.9. The molecule has 0 aliphatic carbocycles. The quantitative estimate of drug-likeness (QED) is 0.271. The highest BCUT2D eigenvalue weighted by Crippen LogP contribution is 2.24. The number of esters is 1. The van der Waals surface area contributed by atoms with Gasteiger partial charge in [0.25, 0.3) is 0 Å². The van der Waals surface area contributed by atoms with Crippen molar-refractivity contribution in [1.82, 2.24) is 4.98 Å². The van der Waals surface area contributed by atoms with Gasteiger partial charge in [-0.3, -0.25) is 10.2 Å². The van der Waals surface area contributed by atoms with Crippen LogP contribution in [0.2, 0.25) is 0 Å². The van der Waals surface area contributed by atoms with Gasteiger partial charge in [-0.05, 0) is 42.8 Å². The molecule has 3 aromatic rings. The zero-order valence-corrected chi connectivity index (χ0v) is 18.2. The van der Waals surface area contributed by atoms with E-state index in [4.69, 9.17) is 14.2 Å². The lowest BCUT2D eigenvalue weighted by atomic mass is 10.1. The first-order chi connectivity index (χ1) is 15.5. The molecule has 1 heterocycles. The lowest BCUT2D eigenvalue weighted by Gasteiger charge is -2.11. The van der Waals surface area contributed by atoms with Gasteiger partial charge in [-0.25, -0.2) is 13.8 Å². The molecule has 1 aromatic heterocycles. The molecular formula is C22H21F2N3O4S. The number of anilines is 1. The van der Waals surface area contributed by atoms with Crippen molar-refractivity contribution in [2.24, 2.45) is 5.10 Å². The Kier molecular flexibility index (Phi) is 8.09. The fourth-order valence-corrected chi connectivity index (χ4v) is 3.36. The summed E-state index contributed by atoms with van der Waals surface area (Å²) in [7, 11) is 1.52. The Bertz CT molecular complexity index is 1100. The maximum atomic E-state index is 13.8. The van der Waals surface area contributed by atoms with Crippen LogP contribution < -0.4 is 14.9 Å². The first kappa shape index (κ1) is 23.1.